The van der Waals surface area contributed by atoms with Crippen LogP contribution in [-0.4, -0.2) is 42.8 Å². The Morgan fingerprint density at radius 1 is 1.26 bits per heavy atom. The number of aromatic nitrogens is 2. The number of ether oxygens (including phenoxy) is 1. The van der Waals surface area contributed by atoms with Crippen LogP contribution in [0.1, 0.15) is 49.4 Å². The molecule has 0 atom stereocenters. The number of rotatable bonds is 5. The van der Waals surface area contributed by atoms with E-state index in [1.165, 1.54) is 62.5 Å². The summed E-state index contributed by atoms with van der Waals surface area (Å²) in [6.07, 6.45) is 13.7. The zero-order chi connectivity index (χ0) is 18.9. The van der Waals surface area contributed by atoms with Gasteiger partial charge in [0.2, 0.25) is 0 Å². The lowest BCUT2D eigenvalue weighted by atomic mass is 9.88. The Morgan fingerprint density at radius 2 is 2.04 bits per heavy atom. The standard InChI is InChI=1S/C22H28N3O2/c1-25(14-15-25)20-10-8-17(9-11-21(26)27-2)16-19(20)24-13-12-23-22(24)18-6-4-3-5-7-18/h8-13,16,18H,3-7,14-15H2,1-2H3/q+1/b11-9+. The lowest BCUT2D eigenvalue weighted by Gasteiger charge is -2.24. The molecule has 0 unspecified atom stereocenters. The van der Waals surface area contributed by atoms with E-state index in [1.807, 2.05) is 12.3 Å². The van der Waals surface area contributed by atoms with Crippen molar-refractivity contribution < 1.29 is 9.53 Å². The average Bonchev–Trinajstić information content (AvgIpc) is 3.27. The number of methoxy groups -OCH3 is 1. The first kappa shape index (κ1) is 18.0. The first-order valence-corrected chi connectivity index (χ1v) is 9.89. The van der Waals surface area contributed by atoms with Crippen molar-refractivity contribution in [2.24, 2.45) is 0 Å². The van der Waals surface area contributed by atoms with Crippen LogP contribution in [0, 0.1) is 0 Å². The largest absolute Gasteiger partial charge is 0.466 e. The third-order valence-electron chi connectivity index (χ3n) is 5.99. The third-order valence-corrected chi connectivity index (χ3v) is 5.99. The molecule has 1 saturated carbocycles. The Kier molecular flexibility index (Phi) is 4.87. The molecule has 0 radical (unpaired) electrons. The summed E-state index contributed by atoms with van der Waals surface area (Å²) in [7, 11) is 3.68. The van der Waals surface area contributed by atoms with Crippen LogP contribution in [0.2, 0.25) is 0 Å². The van der Waals surface area contributed by atoms with E-state index in [0.717, 1.165) is 23.1 Å². The van der Waals surface area contributed by atoms with Crippen LogP contribution in [0.5, 0.6) is 0 Å². The van der Waals surface area contributed by atoms with Gasteiger partial charge in [0, 0.05) is 30.5 Å². The molecule has 2 aliphatic rings. The summed E-state index contributed by atoms with van der Waals surface area (Å²) in [4.78, 5) is 16.2. The van der Waals surface area contributed by atoms with Crippen LogP contribution >= 0.6 is 0 Å². The first-order chi connectivity index (χ1) is 13.1. The Hall–Kier alpha value is -2.40. The van der Waals surface area contributed by atoms with Crippen molar-refractivity contribution in [1.29, 1.82) is 0 Å². The molecule has 1 saturated heterocycles. The number of carbonyl (C=O) groups excluding carboxylic acids is 1. The first-order valence-electron chi connectivity index (χ1n) is 9.89. The Balaban J connectivity index is 1.75. The van der Waals surface area contributed by atoms with E-state index in [2.05, 4.69) is 36.0 Å². The van der Waals surface area contributed by atoms with Gasteiger partial charge in [-0.15, -0.1) is 0 Å². The number of benzene rings is 1. The molecule has 1 aromatic heterocycles. The Labute approximate surface area is 160 Å². The minimum Gasteiger partial charge on any atom is -0.466 e. The lowest BCUT2D eigenvalue weighted by molar-refractivity contribution is -0.134. The van der Waals surface area contributed by atoms with Gasteiger partial charge in [0.1, 0.15) is 24.6 Å². The molecule has 0 amide bonds. The van der Waals surface area contributed by atoms with E-state index in [-0.39, 0.29) is 5.97 Å². The van der Waals surface area contributed by atoms with E-state index in [9.17, 15) is 4.79 Å². The zero-order valence-electron chi connectivity index (χ0n) is 16.2. The monoisotopic (exact) mass is 366 g/mol. The molecule has 142 valence electrons. The highest BCUT2D eigenvalue weighted by Gasteiger charge is 2.42. The fourth-order valence-electron chi connectivity index (χ4n) is 4.10. The van der Waals surface area contributed by atoms with Crippen molar-refractivity contribution in [2.75, 3.05) is 27.2 Å². The summed E-state index contributed by atoms with van der Waals surface area (Å²) in [5, 5.41) is 0. The van der Waals surface area contributed by atoms with E-state index in [4.69, 9.17) is 9.72 Å². The maximum atomic E-state index is 11.5. The molecule has 1 aliphatic heterocycles. The summed E-state index contributed by atoms with van der Waals surface area (Å²) < 4.78 is 7.95. The van der Waals surface area contributed by atoms with Crippen LogP contribution < -0.4 is 4.48 Å². The van der Waals surface area contributed by atoms with Crippen molar-refractivity contribution in [2.45, 2.75) is 38.0 Å². The molecule has 5 nitrogen and oxygen atoms in total. The van der Waals surface area contributed by atoms with Crippen LogP contribution in [-0.2, 0) is 9.53 Å². The number of hydrogen-bond donors (Lipinski definition) is 0. The van der Waals surface area contributed by atoms with Crippen molar-refractivity contribution >= 4 is 17.7 Å². The van der Waals surface area contributed by atoms with Crippen LogP contribution in [0.15, 0.2) is 36.7 Å². The molecule has 1 aliphatic carbocycles. The van der Waals surface area contributed by atoms with Gasteiger partial charge >= 0.3 is 5.97 Å². The van der Waals surface area contributed by atoms with Gasteiger partial charge in [-0.3, -0.25) is 9.05 Å². The highest BCUT2D eigenvalue weighted by Crippen LogP contribution is 2.39. The lowest BCUT2D eigenvalue weighted by Crippen LogP contribution is -2.21. The summed E-state index contributed by atoms with van der Waals surface area (Å²) >= 11 is 0. The van der Waals surface area contributed by atoms with Crippen molar-refractivity contribution in [3.63, 3.8) is 0 Å². The fraction of sp³-hybridized carbons (Fsp3) is 0.455. The van der Waals surface area contributed by atoms with Gasteiger partial charge < -0.3 is 4.74 Å². The highest BCUT2D eigenvalue weighted by atomic mass is 16.5. The highest BCUT2D eigenvalue weighted by molar-refractivity contribution is 5.87. The van der Waals surface area contributed by atoms with Gasteiger partial charge in [-0.05, 0) is 36.6 Å². The molecule has 0 N–H and O–H groups in total. The van der Waals surface area contributed by atoms with Gasteiger partial charge in [-0.1, -0.05) is 19.3 Å². The number of imidazole rings is 1. The Bertz CT molecular complexity index is 858. The molecule has 2 heterocycles. The van der Waals surface area contributed by atoms with Crippen LogP contribution in [0.4, 0.5) is 5.69 Å². The van der Waals surface area contributed by atoms with Crippen molar-refractivity contribution in [1.82, 2.24) is 14.0 Å². The summed E-state index contributed by atoms with van der Waals surface area (Å²) in [5.41, 5.74) is 3.50. The predicted molar refractivity (Wildman–Crippen MR) is 108 cm³/mol. The van der Waals surface area contributed by atoms with Gasteiger partial charge in [-0.2, -0.15) is 0 Å². The fourth-order valence-corrected chi connectivity index (χ4v) is 4.10. The number of hydrogen-bond acceptors (Lipinski definition) is 3. The summed E-state index contributed by atoms with van der Waals surface area (Å²) in [5.74, 6) is 1.38. The van der Waals surface area contributed by atoms with Crippen LogP contribution in [0.3, 0.4) is 0 Å². The van der Waals surface area contributed by atoms with Crippen molar-refractivity contribution in [3.05, 3.63) is 48.1 Å². The SMILES string of the molecule is COC(=O)/C=C/c1ccc([N+]2(C)CC2)c(-n2ccnc2C2CCCCC2)c1. The second-order valence-corrected chi connectivity index (χ2v) is 7.94. The molecule has 4 rings (SSSR count). The van der Waals surface area contributed by atoms with Gasteiger partial charge in [0.05, 0.1) is 14.2 Å². The van der Waals surface area contributed by atoms with Gasteiger partial charge in [0.25, 0.3) is 0 Å². The number of likely N-dealkylation sites (N-methyl/N-ethyl adjacent to an activating group) is 1. The molecule has 1 aromatic carbocycles. The average molecular weight is 366 g/mol. The molecule has 5 heteroatoms. The summed E-state index contributed by atoms with van der Waals surface area (Å²) in [6, 6.07) is 6.45. The molecule has 0 bridgehead atoms. The van der Waals surface area contributed by atoms with E-state index in [1.54, 1.807) is 0 Å². The Morgan fingerprint density at radius 3 is 2.74 bits per heavy atom. The number of nitrogens with zero attached hydrogens (tertiary/aromatic N) is 3. The van der Waals surface area contributed by atoms with Gasteiger partial charge in [-0.25, -0.2) is 9.78 Å². The topological polar surface area (TPSA) is 44.1 Å². The molecule has 2 fully saturated rings. The molecular formula is C22H28N3O2+. The minimum atomic E-state index is -0.337. The smallest absolute Gasteiger partial charge is 0.330 e. The second kappa shape index (κ2) is 7.31. The molecule has 2 aromatic rings. The van der Waals surface area contributed by atoms with Crippen molar-refractivity contribution in [3.8, 4) is 5.69 Å². The minimum absolute atomic E-state index is 0.337. The maximum absolute atomic E-state index is 11.5. The summed E-state index contributed by atoms with van der Waals surface area (Å²) in [6.45, 7) is 2.33. The molecular weight excluding hydrogens is 338 g/mol. The maximum Gasteiger partial charge on any atom is 0.330 e. The van der Waals surface area contributed by atoms with Crippen LogP contribution in [0.25, 0.3) is 11.8 Å². The zero-order valence-corrected chi connectivity index (χ0v) is 16.2. The quantitative estimate of drug-likeness (QED) is 0.347. The normalized spacial score (nSPS) is 19.3. The number of quaternary nitrogens is 1. The van der Waals surface area contributed by atoms with E-state index >= 15 is 0 Å². The van der Waals surface area contributed by atoms with E-state index < -0.39 is 0 Å². The molecule has 0 spiro atoms. The predicted octanol–water partition coefficient (Wildman–Crippen LogP) is 4.06. The van der Waals surface area contributed by atoms with E-state index in [0.29, 0.717) is 5.92 Å². The second-order valence-electron chi connectivity index (χ2n) is 7.94. The molecule has 27 heavy (non-hydrogen) atoms. The third kappa shape index (κ3) is 3.69. The number of carbonyl (C=O) groups is 1. The van der Waals surface area contributed by atoms with Gasteiger partial charge in [0.15, 0.2) is 5.69 Å². The number of esters is 1.